The quantitative estimate of drug-likeness (QED) is 0.471. The molecule has 2 rings (SSSR count). The Hall–Kier alpha value is -3.07. The zero-order valence-electron chi connectivity index (χ0n) is 9.72. The molecule has 6 heteroatoms. The van der Waals surface area contributed by atoms with Crippen molar-refractivity contribution in [2.45, 2.75) is 0 Å². The van der Waals surface area contributed by atoms with E-state index >= 15 is 0 Å². The minimum atomic E-state index is -0.523. The number of hydrogen-bond acceptors (Lipinski definition) is 5. The van der Waals surface area contributed by atoms with Crippen LogP contribution in [0, 0.1) is 21.4 Å². The van der Waals surface area contributed by atoms with Crippen molar-refractivity contribution in [2.24, 2.45) is 10.2 Å². The van der Waals surface area contributed by atoms with Crippen molar-refractivity contribution < 1.29 is 4.92 Å². The molecule has 0 N–H and O–H groups in total. The summed E-state index contributed by atoms with van der Waals surface area (Å²) < 4.78 is 0. The topological polar surface area (TPSA) is 91.7 Å². The van der Waals surface area contributed by atoms with E-state index in [1.54, 1.807) is 36.4 Å². The number of nitro benzene ring substituents is 1. The number of azo groups is 1. The molecule has 0 radical (unpaired) electrons. The number of rotatable bonds is 3. The van der Waals surface area contributed by atoms with Crippen LogP contribution >= 0.6 is 0 Å². The number of nitrogens with zero attached hydrogens (tertiary/aromatic N) is 4. The molecular weight excluding hydrogens is 244 g/mol. The molecular formula is C13H8N4O2. The van der Waals surface area contributed by atoms with Crippen LogP contribution in [0.15, 0.2) is 58.8 Å². The van der Waals surface area contributed by atoms with E-state index in [1.807, 2.05) is 6.07 Å². The lowest BCUT2D eigenvalue weighted by Crippen LogP contribution is -1.87. The lowest BCUT2D eigenvalue weighted by molar-refractivity contribution is -0.384. The Labute approximate surface area is 108 Å². The maximum Gasteiger partial charge on any atom is 0.296 e. The Morgan fingerprint density at radius 2 is 1.58 bits per heavy atom. The minimum Gasteiger partial charge on any atom is -0.258 e. The summed E-state index contributed by atoms with van der Waals surface area (Å²) in [7, 11) is 0. The molecule has 2 aromatic carbocycles. The Balaban J connectivity index is 2.39. The van der Waals surface area contributed by atoms with Gasteiger partial charge in [0.2, 0.25) is 0 Å². The van der Waals surface area contributed by atoms with E-state index in [4.69, 9.17) is 5.26 Å². The molecule has 0 bridgehead atoms. The van der Waals surface area contributed by atoms with E-state index in [1.165, 1.54) is 12.1 Å². The molecule has 0 amide bonds. The number of hydrogen-bond donors (Lipinski definition) is 0. The normalized spacial score (nSPS) is 10.3. The summed E-state index contributed by atoms with van der Waals surface area (Å²) in [5.41, 5.74) is 0.772. The summed E-state index contributed by atoms with van der Waals surface area (Å²) >= 11 is 0. The van der Waals surface area contributed by atoms with Crippen LogP contribution in [0.25, 0.3) is 0 Å². The van der Waals surface area contributed by atoms with Gasteiger partial charge < -0.3 is 0 Å². The number of para-hydroxylation sites is 1. The van der Waals surface area contributed by atoms with Crippen molar-refractivity contribution in [2.75, 3.05) is 0 Å². The maximum atomic E-state index is 10.8. The van der Waals surface area contributed by atoms with Crippen LogP contribution in [0.2, 0.25) is 0 Å². The van der Waals surface area contributed by atoms with Crippen LogP contribution in [0.5, 0.6) is 0 Å². The molecule has 0 aromatic heterocycles. The fourth-order valence-electron chi connectivity index (χ4n) is 1.47. The highest BCUT2D eigenvalue weighted by molar-refractivity contribution is 5.58. The fourth-order valence-corrected chi connectivity index (χ4v) is 1.47. The molecule has 0 aliphatic carbocycles. The number of nitro groups is 1. The first-order valence-corrected chi connectivity index (χ1v) is 5.36. The van der Waals surface area contributed by atoms with Gasteiger partial charge in [-0.2, -0.15) is 5.26 Å². The lowest BCUT2D eigenvalue weighted by atomic mass is 10.2. The summed E-state index contributed by atoms with van der Waals surface area (Å²) in [6, 6.07) is 14.7. The zero-order chi connectivity index (χ0) is 13.7. The number of nitriles is 1. The van der Waals surface area contributed by atoms with E-state index in [2.05, 4.69) is 10.2 Å². The molecule has 0 aliphatic rings. The van der Waals surface area contributed by atoms with E-state index < -0.39 is 4.92 Å². The first-order valence-electron chi connectivity index (χ1n) is 5.36. The summed E-state index contributed by atoms with van der Waals surface area (Å²) in [6.45, 7) is 0. The molecule has 92 valence electrons. The van der Waals surface area contributed by atoms with Gasteiger partial charge in [0.05, 0.1) is 10.5 Å². The number of benzene rings is 2. The summed E-state index contributed by atoms with van der Waals surface area (Å²) in [4.78, 5) is 10.3. The average molecular weight is 252 g/mol. The molecule has 0 aliphatic heterocycles. The van der Waals surface area contributed by atoms with Crippen molar-refractivity contribution >= 4 is 17.1 Å². The highest BCUT2D eigenvalue weighted by atomic mass is 16.6. The Kier molecular flexibility index (Phi) is 3.59. The summed E-state index contributed by atoms with van der Waals surface area (Å²) in [5, 5.41) is 27.4. The molecule has 6 nitrogen and oxygen atoms in total. The second-order valence-corrected chi connectivity index (χ2v) is 3.57. The largest absolute Gasteiger partial charge is 0.296 e. The van der Waals surface area contributed by atoms with Gasteiger partial charge in [-0.15, -0.1) is 10.2 Å². The Bertz CT molecular complexity index is 689. The van der Waals surface area contributed by atoms with Crippen LogP contribution in [-0.4, -0.2) is 4.92 Å². The van der Waals surface area contributed by atoms with Crippen LogP contribution < -0.4 is 0 Å². The highest BCUT2D eigenvalue weighted by Gasteiger charge is 2.11. The van der Waals surface area contributed by atoms with Crippen LogP contribution in [-0.2, 0) is 0 Å². The molecule has 19 heavy (non-hydrogen) atoms. The zero-order valence-corrected chi connectivity index (χ0v) is 9.72. The molecule has 0 saturated heterocycles. The second kappa shape index (κ2) is 5.51. The van der Waals surface area contributed by atoms with Gasteiger partial charge in [0.25, 0.3) is 5.69 Å². The van der Waals surface area contributed by atoms with Gasteiger partial charge in [-0.1, -0.05) is 24.3 Å². The molecule has 0 spiro atoms. The van der Waals surface area contributed by atoms with E-state index in [0.717, 1.165) is 0 Å². The third-order valence-corrected chi connectivity index (χ3v) is 2.37. The Morgan fingerprint density at radius 1 is 1.00 bits per heavy atom. The van der Waals surface area contributed by atoms with E-state index in [-0.39, 0.29) is 11.4 Å². The molecule has 0 unspecified atom stereocenters. The van der Waals surface area contributed by atoms with Gasteiger partial charge in [-0.05, 0) is 18.2 Å². The monoisotopic (exact) mass is 252 g/mol. The van der Waals surface area contributed by atoms with Crippen molar-refractivity contribution in [3.8, 4) is 6.07 Å². The smallest absolute Gasteiger partial charge is 0.258 e. The van der Waals surface area contributed by atoms with Gasteiger partial charge in [0.15, 0.2) is 5.69 Å². The van der Waals surface area contributed by atoms with Crippen molar-refractivity contribution in [1.29, 1.82) is 5.26 Å². The Morgan fingerprint density at radius 3 is 2.26 bits per heavy atom. The highest BCUT2D eigenvalue weighted by Crippen LogP contribution is 2.28. The standard InChI is InChI=1S/C13H8N4O2/c14-9-10-5-1-2-6-11(10)15-16-12-7-3-4-8-13(12)17(18)19/h1-8H. The van der Waals surface area contributed by atoms with Gasteiger partial charge in [0.1, 0.15) is 11.8 Å². The summed E-state index contributed by atoms with van der Waals surface area (Å²) in [5.74, 6) is 0. The molecule has 2 aromatic rings. The minimum absolute atomic E-state index is 0.124. The first kappa shape index (κ1) is 12.4. The molecule has 0 fully saturated rings. The third-order valence-electron chi connectivity index (χ3n) is 2.37. The third kappa shape index (κ3) is 2.79. The van der Waals surface area contributed by atoms with Gasteiger partial charge in [-0.25, -0.2) is 0 Å². The average Bonchev–Trinajstić information content (AvgIpc) is 2.45. The predicted octanol–water partition coefficient (Wildman–Crippen LogP) is 3.88. The van der Waals surface area contributed by atoms with Crippen molar-refractivity contribution in [3.05, 3.63) is 64.2 Å². The SMILES string of the molecule is N#Cc1ccccc1N=Nc1ccccc1[N+](=O)[O-]. The van der Waals surface area contributed by atoms with Crippen LogP contribution in [0.1, 0.15) is 5.56 Å². The molecule has 0 heterocycles. The lowest BCUT2D eigenvalue weighted by Gasteiger charge is -1.96. The van der Waals surface area contributed by atoms with Crippen LogP contribution in [0.3, 0.4) is 0 Å². The van der Waals surface area contributed by atoms with Gasteiger partial charge in [-0.3, -0.25) is 10.1 Å². The van der Waals surface area contributed by atoms with E-state index in [0.29, 0.717) is 11.3 Å². The van der Waals surface area contributed by atoms with Crippen LogP contribution in [0.4, 0.5) is 17.1 Å². The first-order chi connectivity index (χ1) is 9.22. The van der Waals surface area contributed by atoms with Crippen molar-refractivity contribution in [1.82, 2.24) is 0 Å². The van der Waals surface area contributed by atoms with Gasteiger partial charge in [0, 0.05) is 6.07 Å². The van der Waals surface area contributed by atoms with E-state index in [9.17, 15) is 10.1 Å². The van der Waals surface area contributed by atoms with Crippen molar-refractivity contribution in [3.63, 3.8) is 0 Å². The maximum absolute atomic E-state index is 10.8. The predicted molar refractivity (Wildman–Crippen MR) is 68.4 cm³/mol. The fraction of sp³-hybridized carbons (Fsp3) is 0. The molecule has 0 saturated carbocycles. The molecule has 0 atom stereocenters. The second-order valence-electron chi connectivity index (χ2n) is 3.57. The summed E-state index contributed by atoms with van der Waals surface area (Å²) in [6.07, 6.45) is 0. The van der Waals surface area contributed by atoms with Gasteiger partial charge >= 0.3 is 0 Å².